The van der Waals surface area contributed by atoms with Gasteiger partial charge in [0.2, 0.25) is 10.0 Å². The monoisotopic (exact) mass is 477 g/mol. The van der Waals surface area contributed by atoms with Crippen LogP contribution in [0, 0.1) is 0 Å². The zero-order valence-electron chi connectivity index (χ0n) is 13.4. The lowest BCUT2D eigenvalue weighted by Crippen LogP contribution is -2.50. The smallest absolute Gasteiger partial charge is 0.255 e. The number of rotatable bonds is 3. The minimum absolute atomic E-state index is 0.0860. The Morgan fingerprint density at radius 1 is 1.04 bits per heavy atom. The Labute approximate surface area is 169 Å². The molecule has 2 heterocycles. The molecule has 0 N–H and O–H groups in total. The highest BCUT2D eigenvalue weighted by molar-refractivity contribution is 9.10. The highest BCUT2D eigenvalue weighted by Gasteiger charge is 2.30. The molecule has 0 bridgehead atoms. The van der Waals surface area contributed by atoms with Crippen LogP contribution in [0.2, 0.25) is 10.0 Å². The van der Waals surface area contributed by atoms with Crippen LogP contribution in [0.25, 0.3) is 0 Å². The summed E-state index contributed by atoms with van der Waals surface area (Å²) in [6, 6.07) is 5.91. The third-order valence-corrected chi connectivity index (χ3v) is 7.07. The van der Waals surface area contributed by atoms with E-state index in [2.05, 4.69) is 20.9 Å². The number of hydrogen-bond acceptors (Lipinski definition) is 4. The second-order valence-electron chi connectivity index (χ2n) is 5.66. The number of sulfonamides is 1. The molecule has 1 aromatic heterocycles. The van der Waals surface area contributed by atoms with Gasteiger partial charge < -0.3 is 4.90 Å². The fraction of sp³-hybridized carbons (Fsp3) is 0.250. The number of amides is 1. The lowest BCUT2D eigenvalue weighted by molar-refractivity contribution is 0.0697. The number of halogens is 3. The van der Waals surface area contributed by atoms with E-state index in [9.17, 15) is 13.2 Å². The van der Waals surface area contributed by atoms with E-state index in [1.165, 1.54) is 28.7 Å². The van der Waals surface area contributed by atoms with Gasteiger partial charge >= 0.3 is 0 Å². The third kappa shape index (κ3) is 4.04. The average molecular weight is 479 g/mol. The van der Waals surface area contributed by atoms with Crippen molar-refractivity contribution >= 4 is 55.1 Å². The lowest BCUT2D eigenvalue weighted by Gasteiger charge is -2.34. The fourth-order valence-corrected chi connectivity index (χ4v) is 4.81. The first-order valence-corrected chi connectivity index (χ1v) is 10.6. The van der Waals surface area contributed by atoms with Crippen molar-refractivity contribution in [1.29, 1.82) is 0 Å². The van der Waals surface area contributed by atoms with Crippen LogP contribution < -0.4 is 0 Å². The van der Waals surface area contributed by atoms with Crippen molar-refractivity contribution in [2.45, 2.75) is 4.90 Å². The van der Waals surface area contributed by atoms with Gasteiger partial charge in [-0.2, -0.15) is 4.31 Å². The van der Waals surface area contributed by atoms with Gasteiger partial charge in [0, 0.05) is 43.0 Å². The molecule has 2 aromatic rings. The molecular formula is C16H14BrCl2N3O3S. The maximum absolute atomic E-state index is 12.7. The topological polar surface area (TPSA) is 70.6 Å². The van der Waals surface area contributed by atoms with Gasteiger partial charge in [0.15, 0.2) is 0 Å². The van der Waals surface area contributed by atoms with Crippen LogP contribution in [0.15, 0.2) is 46.0 Å². The third-order valence-electron chi connectivity index (χ3n) is 4.01. The van der Waals surface area contributed by atoms with Gasteiger partial charge in [-0.05, 0) is 40.2 Å². The second kappa shape index (κ2) is 7.82. The summed E-state index contributed by atoms with van der Waals surface area (Å²) in [7, 11) is -3.69. The van der Waals surface area contributed by atoms with E-state index < -0.39 is 10.0 Å². The van der Waals surface area contributed by atoms with E-state index in [-0.39, 0.29) is 28.9 Å². The fourth-order valence-electron chi connectivity index (χ4n) is 2.63. The molecule has 1 fully saturated rings. The Balaban J connectivity index is 1.71. The largest absolute Gasteiger partial charge is 0.336 e. The number of pyridine rings is 1. The van der Waals surface area contributed by atoms with E-state index in [0.717, 1.165) is 0 Å². The predicted octanol–water partition coefficient (Wildman–Crippen LogP) is 3.30. The van der Waals surface area contributed by atoms with Crippen LogP contribution in [-0.2, 0) is 10.0 Å². The first kappa shape index (κ1) is 19.6. The molecule has 1 saturated heterocycles. The summed E-state index contributed by atoms with van der Waals surface area (Å²) in [5.74, 6) is -0.176. The molecule has 0 radical (unpaired) electrons. The molecule has 3 rings (SSSR count). The molecule has 6 nitrogen and oxygen atoms in total. The summed E-state index contributed by atoms with van der Waals surface area (Å²) in [6.07, 6.45) is 3.09. The van der Waals surface area contributed by atoms with Gasteiger partial charge in [-0.3, -0.25) is 9.78 Å². The summed E-state index contributed by atoms with van der Waals surface area (Å²) in [6.45, 7) is 1.00. The summed E-state index contributed by atoms with van der Waals surface area (Å²) in [5.41, 5.74) is 0.458. The molecule has 138 valence electrons. The molecule has 0 spiro atoms. The maximum Gasteiger partial charge on any atom is 0.255 e. The molecule has 26 heavy (non-hydrogen) atoms. The van der Waals surface area contributed by atoms with Crippen LogP contribution in [0.1, 0.15) is 10.4 Å². The lowest BCUT2D eigenvalue weighted by atomic mass is 10.2. The molecule has 1 aliphatic heterocycles. The van der Waals surface area contributed by atoms with Crippen LogP contribution in [0.3, 0.4) is 0 Å². The van der Waals surface area contributed by atoms with E-state index in [1.54, 1.807) is 17.2 Å². The Kier molecular flexibility index (Phi) is 5.88. The first-order chi connectivity index (χ1) is 12.3. The van der Waals surface area contributed by atoms with Crippen LogP contribution >= 0.6 is 39.1 Å². The van der Waals surface area contributed by atoms with Gasteiger partial charge in [-0.15, -0.1) is 0 Å². The average Bonchev–Trinajstić information content (AvgIpc) is 2.63. The van der Waals surface area contributed by atoms with Crippen molar-refractivity contribution in [1.82, 2.24) is 14.2 Å². The number of nitrogens with zero attached hydrogens (tertiary/aromatic N) is 3. The standard InChI is InChI=1S/C16H14BrCl2N3O3S/c17-12-7-11(9-20-10-12)16(23)21-3-5-22(6-4-21)26(24,25)13-1-2-14(18)15(19)8-13/h1-2,7-10H,3-6H2. The Bertz CT molecular complexity index is 948. The SMILES string of the molecule is O=C(c1cncc(Br)c1)N1CCN(S(=O)(=O)c2ccc(Cl)c(Cl)c2)CC1. The van der Waals surface area contributed by atoms with Crippen molar-refractivity contribution in [3.05, 3.63) is 56.7 Å². The van der Waals surface area contributed by atoms with Gasteiger partial charge in [0.25, 0.3) is 5.91 Å². The van der Waals surface area contributed by atoms with Crippen LogP contribution in [-0.4, -0.2) is 54.7 Å². The number of piperazine rings is 1. The highest BCUT2D eigenvalue weighted by atomic mass is 79.9. The molecule has 1 aliphatic rings. The van der Waals surface area contributed by atoms with Gasteiger partial charge in [-0.25, -0.2) is 8.42 Å². The van der Waals surface area contributed by atoms with Crippen molar-refractivity contribution in [3.8, 4) is 0 Å². The maximum atomic E-state index is 12.7. The first-order valence-electron chi connectivity index (χ1n) is 7.64. The van der Waals surface area contributed by atoms with E-state index in [1.807, 2.05) is 0 Å². The summed E-state index contributed by atoms with van der Waals surface area (Å²) in [5, 5.41) is 0.479. The Morgan fingerprint density at radius 2 is 1.73 bits per heavy atom. The van der Waals surface area contributed by atoms with Crippen LogP contribution in [0.4, 0.5) is 0 Å². The minimum Gasteiger partial charge on any atom is -0.336 e. The molecule has 0 unspecified atom stereocenters. The van der Waals surface area contributed by atoms with E-state index in [4.69, 9.17) is 23.2 Å². The quantitative estimate of drug-likeness (QED) is 0.678. The van der Waals surface area contributed by atoms with Crippen molar-refractivity contribution in [2.75, 3.05) is 26.2 Å². The van der Waals surface area contributed by atoms with Gasteiger partial charge in [0.1, 0.15) is 0 Å². The highest BCUT2D eigenvalue weighted by Crippen LogP contribution is 2.27. The zero-order valence-corrected chi connectivity index (χ0v) is 17.3. The zero-order chi connectivity index (χ0) is 18.9. The number of carbonyl (C=O) groups excluding carboxylic acids is 1. The molecule has 1 amide bonds. The molecule has 1 aromatic carbocycles. The van der Waals surface area contributed by atoms with Crippen molar-refractivity contribution in [3.63, 3.8) is 0 Å². The predicted molar refractivity (Wildman–Crippen MR) is 103 cm³/mol. The van der Waals surface area contributed by atoms with Crippen molar-refractivity contribution in [2.24, 2.45) is 0 Å². The molecule has 0 saturated carbocycles. The van der Waals surface area contributed by atoms with Crippen molar-refractivity contribution < 1.29 is 13.2 Å². The molecular weight excluding hydrogens is 465 g/mol. The van der Waals surface area contributed by atoms with Crippen LogP contribution in [0.5, 0.6) is 0 Å². The summed E-state index contributed by atoms with van der Waals surface area (Å²) >= 11 is 15.1. The molecule has 10 heteroatoms. The number of carbonyl (C=O) groups is 1. The number of hydrogen-bond donors (Lipinski definition) is 0. The van der Waals surface area contributed by atoms with Gasteiger partial charge in [0.05, 0.1) is 20.5 Å². The minimum atomic E-state index is -3.69. The summed E-state index contributed by atoms with van der Waals surface area (Å²) < 4.78 is 27.5. The number of aromatic nitrogens is 1. The number of benzene rings is 1. The van der Waals surface area contributed by atoms with Gasteiger partial charge in [-0.1, -0.05) is 23.2 Å². The van der Waals surface area contributed by atoms with E-state index in [0.29, 0.717) is 28.1 Å². The molecule has 0 atom stereocenters. The Morgan fingerprint density at radius 3 is 2.35 bits per heavy atom. The molecule has 0 aliphatic carbocycles. The summed E-state index contributed by atoms with van der Waals surface area (Å²) in [4.78, 5) is 18.2. The van der Waals surface area contributed by atoms with E-state index >= 15 is 0 Å². The second-order valence-corrected chi connectivity index (χ2v) is 9.33. The normalized spacial score (nSPS) is 15.9. The Hall–Kier alpha value is -1.19.